The quantitative estimate of drug-likeness (QED) is 0.221. The van der Waals surface area contributed by atoms with Crippen LogP contribution in [0.4, 0.5) is 0 Å². The Labute approximate surface area is 155 Å². The number of phenolic OH excluding ortho intramolecular Hbond substituents is 2. The van der Waals surface area contributed by atoms with Crippen LogP contribution in [0, 0.1) is 0 Å². The number of furan rings is 1. The minimum atomic E-state index is -0.661. The first-order valence-corrected chi connectivity index (χ1v) is 8.19. The molecule has 3 aromatic rings. The molecule has 4 N–H and O–H groups in total. The molecular formula is C20H18N2O5. The van der Waals surface area contributed by atoms with Gasteiger partial charge in [-0.05, 0) is 35.9 Å². The zero-order valence-electron chi connectivity index (χ0n) is 14.3. The molecule has 27 heavy (non-hydrogen) atoms. The maximum absolute atomic E-state index is 11.6. The molecule has 0 saturated carbocycles. The van der Waals surface area contributed by atoms with E-state index < -0.39 is 12.4 Å². The number of carbonyl (C=O) groups is 1. The van der Waals surface area contributed by atoms with Crippen molar-refractivity contribution in [1.82, 2.24) is 5.43 Å². The van der Waals surface area contributed by atoms with Crippen LogP contribution in [0.25, 0.3) is 0 Å². The van der Waals surface area contributed by atoms with Crippen molar-refractivity contribution in [2.75, 3.05) is 6.61 Å². The smallest absolute Gasteiger partial charge is 0.223 e. The number of phenols is 2. The van der Waals surface area contributed by atoms with Crippen molar-refractivity contribution in [2.45, 2.75) is 6.54 Å². The van der Waals surface area contributed by atoms with E-state index in [-0.39, 0.29) is 23.0 Å². The molecule has 0 radical (unpaired) electrons. The molecule has 0 aliphatic carbocycles. The first kappa shape index (κ1) is 18.2. The third-order valence-electron chi connectivity index (χ3n) is 3.82. The van der Waals surface area contributed by atoms with Crippen molar-refractivity contribution in [3.8, 4) is 11.5 Å². The van der Waals surface area contributed by atoms with E-state index in [0.29, 0.717) is 17.8 Å². The molecule has 138 valence electrons. The van der Waals surface area contributed by atoms with Gasteiger partial charge in [0.25, 0.3) is 0 Å². The number of ketones is 1. The average Bonchev–Trinajstić information content (AvgIpc) is 3.17. The molecule has 0 aliphatic heterocycles. The van der Waals surface area contributed by atoms with Crippen molar-refractivity contribution in [2.24, 2.45) is 5.10 Å². The van der Waals surface area contributed by atoms with Crippen molar-refractivity contribution in [1.29, 1.82) is 0 Å². The predicted octanol–water partition coefficient (Wildman–Crippen LogP) is 2.41. The summed E-state index contributed by atoms with van der Waals surface area (Å²) in [5.74, 6) is -0.831. The number of carbonyl (C=O) groups excluding carboxylic acids is 1. The van der Waals surface area contributed by atoms with E-state index in [1.807, 2.05) is 30.3 Å². The number of rotatable bonds is 7. The number of aromatic hydroxyl groups is 2. The summed E-state index contributed by atoms with van der Waals surface area (Å²) in [4.78, 5) is 11.6. The number of hydrogen-bond donors (Lipinski definition) is 4. The summed E-state index contributed by atoms with van der Waals surface area (Å²) >= 11 is 0. The molecule has 0 aliphatic rings. The molecule has 0 spiro atoms. The van der Waals surface area contributed by atoms with Gasteiger partial charge in [0.2, 0.25) is 5.78 Å². The number of Topliss-reactive ketones (excluding diaryl/α,β-unsaturated/α-hetero) is 1. The molecule has 1 heterocycles. The van der Waals surface area contributed by atoms with Crippen LogP contribution < -0.4 is 5.43 Å². The molecule has 2 aromatic carbocycles. The van der Waals surface area contributed by atoms with Gasteiger partial charge in [0.05, 0.1) is 6.54 Å². The largest absolute Gasteiger partial charge is 0.504 e. The van der Waals surface area contributed by atoms with Crippen LogP contribution in [-0.2, 0) is 6.54 Å². The van der Waals surface area contributed by atoms with Crippen LogP contribution in [0.2, 0.25) is 0 Å². The van der Waals surface area contributed by atoms with Crippen LogP contribution in [0.3, 0.4) is 0 Å². The Balaban J connectivity index is 1.92. The van der Waals surface area contributed by atoms with Gasteiger partial charge in [0.15, 0.2) is 23.0 Å². The van der Waals surface area contributed by atoms with E-state index in [2.05, 4.69) is 10.5 Å². The summed E-state index contributed by atoms with van der Waals surface area (Å²) in [5.41, 5.74) is 4.76. The Morgan fingerprint density at radius 1 is 0.963 bits per heavy atom. The van der Waals surface area contributed by atoms with Gasteiger partial charge < -0.3 is 25.2 Å². The van der Waals surface area contributed by atoms with Gasteiger partial charge >= 0.3 is 0 Å². The van der Waals surface area contributed by atoms with E-state index >= 15 is 0 Å². The van der Waals surface area contributed by atoms with Crippen LogP contribution >= 0.6 is 0 Å². The zero-order valence-corrected chi connectivity index (χ0v) is 14.3. The third-order valence-corrected chi connectivity index (χ3v) is 3.82. The van der Waals surface area contributed by atoms with E-state index in [0.717, 1.165) is 5.56 Å². The number of hydrogen-bond acceptors (Lipinski definition) is 7. The number of aliphatic hydroxyl groups is 1. The zero-order chi connectivity index (χ0) is 19.2. The normalized spacial score (nSPS) is 11.4. The van der Waals surface area contributed by atoms with Crippen LogP contribution in [-0.4, -0.2) is 33.4 Å². The lowest BCUT2D eigenvalue weighted by molar-refractivity contribution is 0.0875. The fraction of sp³-hybridized carbons (Fsp3) is 0.100. The Bertz CT molecular complexity index is 964. The highest BCUT2D eigenvalue weighted by Crippen LogP contribution is 2.26. The van der Waals surface area contributed by atoms with Gasteiger partial charge in [-0.15, -0.1) is 0 Å². The maximum atomic E-state index is 11.6. The van der Waals surface area contributed by atoms with E-state index in [1.54, 1.807) is 12.1 Å². The SMILES string of the molecule is O=C(CO)c1ccc(/C(=N/NCc2ccccc2)c2ccc(O)c(O)c2)o1. The summed E-state index contributed by atoms with van der Waals surface area (Å²) < 4.78 is 5.50. The number of benzene rings is 2. The fourth-order valence-corrected chi connectivity index (χ4v) is 2.43. The van der Waals surface area contributed by atoms with Gasteiger partial charge in [0.1, 0.15) is 12.3 Å². The minimum absolute atomic E-state index is 0.00580. The van der Waals surface area contributed by atoms with E-state index in [1.165, 1.54) is 18.2 Å². The van der Waals surface area contributed by atoms with Gasteiger partial charge in [-0.1, -0.05) is 30.3 Å². The van der Waals surface area contributed by atoms with Gasteiger partial charge in [-0.3, -0.25) is 4.79 Å². The molecule has 7 nitrogen and oxygen atoms in total. The Hall–Kier alpha value is -3.58. The topological polar surface area (TPSA) is 115 Å². The minimum Gasteiger partial charge on any atom is -0.504 e. The number of hydrazone groups is 1. The fourth-order valence-electron chi connectivity index (χ4n) is 2.43. The average molecular weight is 366 g/mol. The monoisotopic (exact) mass is 366 g/mol. The van der Waals surface area contributed by atoms with Crippen LogP contribution in [0.15, 0.2) is 70.2 Å². The highest BCUT2D eigenvalue weighted by Gasteiger charge is 2.17. The van der Waals surface area contributed by atoms with Gasteiger partial charge in [-0.2, -0.15) is 5.10 Å². The van der Waals surface area contributed by atoms with Crippen molar-refractivity contribution in [3.63, 3.8) is 0 Å². The molecule has 0 bridgehead atoms. The lowest BCUT2D eigenvalue weighted by Crippen LogP contribution is -2.12. The van der Waals surface area contributed by atoms with E-state index in [9.17, 15) is 15.0 Å². The Kier molecular flexibility index (Phi) is 5.53. The number of aliphatic hydroxyl groups excluding tert-OH is 1. The third kappa shape index (κ3) is 4.34. The highest BCUT2D eigenvalue weighted by molar-refractivity contribution is 6.12. The lowest BCUT2D eigenvalue weighted by atomic mass is 10.1. The Morgan fingerprint density at radius 2 is 1.70 bits per heavy atom. The number of nitrogens with zero attached hydrogens (tertiary/aromatic N) is 1. The summed E-state index contributed by atoms with van der Waals surface area (Å²) in [6, 6.07) is 16.9. The van der Waals surface area contributed by atoms with Crippen molar-refractivity contribution in [3.05, 3.63) is 83.3 Å². The molecule has 7 heteroatoms. The maximum Gasteiger partial charge on any atom is 0.223 e. The summed E-state index contributed by atoms with van der Waals surface area (Å²) in [5, 5.41) is 32.6. The number of nitrogens with one attached hydrogen (secondary N) is 1. The summed E-state index contributed by atoms with van der Waals surface area (Å²) in [6.45, 7) is -0.205. The second-order valence-corrected chi connectivity index (χ2v) is 5.73. The lowest BCUT2D eigenvalue weighted by Gasteiger charge is -2.08. The molecule has 0 fully saturated rings. The van der Waals surface area contributed by atoms with Gasteiger partial charge in [-0.25, -0.2) is 0 Å². The second-order valence-electron chi connectivity index (χ2n) is 5.73. The van der Waals surface area contributed by atoms with Crippen molar-refractivity contribution < 1.29 is 24.5 Å². The molecule has 0 unspecified atom stereocenters. The standard InChI is InChI=1S/C20H18N2O5/c23-12-17(26)18-8-9-19(27-18)20(14-6-7-15(24)16(25)10-14)22-21-11-13-4-2-1-3-5-13/h1-10,21,23-25H,11-12H2/b22-20+. The molecular weight excluding hydrogens is 348 g/mol. The molecule has 0 saturated heterocycles. The summed E-state index contributed by atoms with van der Waals surface area (Å²) in [6.07, 6.45) is 0. The van der Waals surface area contributed by atoms with Crippen LogP contribution in [0.5, 0.6) is 11.5 Å². The molecule has 0 atom stereocenters. The van der Waals surface area contributed by atoms with Crippen LogP contribution in [0.1, 0.15) is 27.4 Å². The first-order chi connectivity index (χ1) is 13.1. The summed E-state index contributed by atoms with van der Waals surface area (Å²) in [7, 11) is 0. The molecule has 0 amide bonds. The first-order valence-electron chi connectivity index (χ1n) is 8.19. The predicted molar refractivity (Wildman–Crippen MR) is 98.8 cm³/mol. The highest BCUT2D eigenvalue weighted by atomic mass is 16.4. The molecule has 3 rings (SSSR count). The second kappa shape index (κ2) is 8.20. The Morgan fingerprint density at radius 3 is 2.41 bits per heavy atom. The molecule has 1 aromatic heterocycles. The van der Waals surface area contributed by atoms with E-state index in [4.69, 9.17) is 9.52 Å². The van der Waals surface area contributed by atoms with Crippen molar-refractivity contribution >= 4 is 11.5 Å². The van der Waals surface area contributed by atoms with Gasteiger partial charge in [0, 0.05) is 5.56 Å².